The highest BCUT2D eigenvalue weighted by Gasteiger charge is 2.65. The Morgan fingerprint density at radius 2 is 1.94 bits per heavy atom. The molecule has 2 saturated carbocycles. The van der Waals surface area contributed by atoms with E-state index < -0.39 is 11.4 Å². The molecule has 1 aromatic carbocycles. The van der Waals surface area contributed by atoms with Crippen molar-refractivity contribution in [3.05, 3.63) is 29.8 Å². The van der Waals surface area contributed by atoms with Gasteiger partial charge in [0, 0.05) is 5.56 Å². The van der Waals surface area contributed by atoms with Gasteiger partial charge in [-0.1, -0.05) is 18.2 Å². The molecule has 0 radical (unpaired) electrons. The van der Waals surface area contributed by atoms with Crippen LogP contribution in [0.5, 0.6) is 5.75 Å². The van der Waals surface area contributed by atoms with E-state index in [2.05, 4.69) is 0 Å². The summed E-state index contributed by atoms with van der Waals surface area (Å²) in [5.74, 6) is -0.00933. The van der Waals surface area contributed by atoms with E-state index in [9.17, 15) is 9.90 Å². The highest BCUT2D eigenvalue weighted by atomic mass is 16.5. The van der Waals surface area contributed by atoms with Crippen LogP contribution in [0.4, 0.5) is 0 Å². The summed E-state index contributed by atoms with van der Waals surface area (Å²) in [5.41, 5.74) is 0.482. The Balaban J connectivity index is 2.02. The number of aliphatic carboxylic acids is 1. The zero-order valence-electron chi connectivity index (χ0n) is 9.90. The summed E-state index contributed by atoms with van der Waals surface area (Å²) in [4.78, 5) is 11.6. The third kappa shape index (κ3) is 1.38. The molecule has 0 bridgehead atoms. The van der Waals surface area contributed by atoms with E-state index in [0.29, 0.717) is 11.2 Å². The van der Waals surface area contributed by atoms with Crippen LogP contribution in [0.25, 0.3) is 0 Å². The molecule has 0 heterocycles. The number of carboxylic acid groups (broad SMARTS) is 1. The summed E-state index contributed by atoms with van der Waals surface area (Å²) in [7, 11) is 1.60. The van der Waals surface area contributed by atoms with Gasteiger partial charge in [-0.2, -0.15) is 0 Å². The molecule has 2 aliphatic rings. The van der Waals surface area contributed by atoms with Crippen molar-refractivity contribution in [3.63, 3.8) is 0 Å². The van der Waals surface area contributed by atoms with Gasteiger partial charge in [0.1, 0.15) is 5.75 Å². The number of benzene rings is 1. The molecule has 2 fully saturated rings. The molecule has 3 heteroatoms. The maximum Gasteiger partial charge on any atom is 0.314 e. The smallest absolute Gasteiger partial charge is 0.314 e. The number of ether oxygens (including phenoxy) is 1. The second kappa shape index (κ2) is 3.25. The molecule has 1 aromatic rings. The van der Waals surface area contributed by atoms with Gasteiger partial charge in [0.25, 0.3) is 0 Å². The van der Waals surface area contributed by atoms with E-state index in [-0.39, 0.29) is 0 Å². The minimum absolute atomic E-state index is 0.346. The Kier molecular flexibility index (Phi) is 2.03. The topological polar surface area (TPSA) is 46.5 Å². The number of hydrogen-bond donors (Lipinski definition) is 1. The molecule has 3 nitrogen and oxygen atoms in total. The van der Waals surface area contributed by atoms with Crippen LogP contribution in [0.15, 0.2) is 24.3 Å². The highest BCUT2D eigenvalue weighted by molar-refractivity contribution is 5.84. The van der Waals surface area contributed by atoms with Crippen molar-refractivity contribution in [2.75, 3.05) is 7.11 Å². The summed E-state index contributed by atoms with van der Waals surface area (Å²) in [6, 6.07) is 7.50. The van der Waals surface area contributed by atoms with Gasteiger partial charge in [0.2, 0.25) is 0 Å². The molecule has 0 unspecified atom stereocenters. The fourth-order valence-corrected chi connectivity index (χ4v) is 3.26. The van der Waals surface area contributed by atoms with E-state index in [0.717, 1.165) is 18.4 Å². The molecular formula is C14H16O3. The lowest BCUT2D eigenvalue weighted by Gasteiger charge is -2.46. The van der Waals surface area contributed by atoms with Crippen LogP contribution in [-0.4, -0.2) is 18.2 Å². The maximum absolute atomic E-state index is 11.6. The van der Waals surface area contributed by atoms with Crippen LogP contribution in [0, 0.1) is 5.41 Å². The predicted octanol–water partition coefficient (Wildman–Crippen LogP) is 2.59. The second-order valence-corrected chi connectivity index (χ2v) is 5.44. The summed E-state index contributed by atoms with van der Waals surface area (Å²) in [6.07, 6.45) is 3.93. The zero-order valence-corrected chi connectivity index (χ0v) is 9.90. The summed E-state index contributed by atoms with van der Waals surface area (Å²) >= 11 is 0. The molecular weight excluding hydrogens is 216 g/mol. The minimum atomic E-state index is -0.709. The highest BCUT2D eigenvalue weighted by Crippen LogP contribution is 2.69. The lowest BCUT2D eigenvalue weighted by Crippen LogP contribution is -2.49. The van der Waals surface area contributed by atoms with Gasteiger partial charge in [0.15, 0.2) is 0 Å². The van der Waals surface area contributed by atoms with E-state index in [1.165, 1.54) is 12.8 Å². The van der Waals surface area contributed by atoms with Crippen molar-refractivity contribution < 1.29 is 14.6 Å². The van der Waals surface area contributed by atoms with Gasteiger partial charge in [0.05, 0.1) is 12.5 Å². The van der Waals surface area contributed by atoms with Crippen LogP contribution < -0.4 is 4.74 Å². The monoisotopic (exact) mass is 232 g/mol. The summed E-state index contributed by atoms with van der Waals surface area (Å²) in [5, 5.41) is 9.56. The quantitative estimate of drug-likeness (QED) is 0.871. The fraction of sp³-hybridized carbons (Fsp3) is 0.500. The van der Waals surface area contributed by atoms with Gasteiger partial charge in [-0.15, -0.1) is 0 Å². The molecule has 0 saturated heterocycles. The van der Waals surface area contributed by atoms with Gasteiger partial charge in [-0.3, -0.25) is 4.79 Å². The molecule has 90 valence electrons. The zero-order chi connectivity index (χ0) is 12.1. The first-order valence-corrected chi connectivity index (χ1v) is 5.99. The standard InChI is InChI=1S/C14H16O3/c1-17-11-5-3-2-4-10(11)14(12(15)16)8-13(9-14)6-7-13/h2-5H,6-9H2,1H3,(H,15,16). The molecule has 0 aromatic heterocycles. The molecule has 0 atom stereocenters. The average Bonchev–Trinajstić information content (AvgIpc) is 3.06. The van der Waals surface area contributed by atoms with Crippen LogP contribution in [0.1, 0.15) is 31.2 Å². The first kappa shape index (κ1) is 10.6. The van der Waals surface area contributed by atoms with Crippen molar-refractivity contribution in [1.82, 2.24) is 0 Å². The number of rotatable bonds is 3. The van der Waals surface area contributed by atoms with E-state index in [4.69, 9.17) is 4.74 Å². The number of carboxylic acids is 1. The van der Waals surface area contributed by atoms with E-state index in [1.807, 2.05) is 24.3 Å². The molecule has 3 rings (SSSR count). The summed E-state index contributed by atoms with van der Waals surface area (Å²) in [6.45, 7) is 0. The minimum Gasteiger partial charge on any atom is -0.496 e. The molecule has 17 heavy (non-hydrogen) atoms. The average molecular weight is 232 g/mol. The second-order valence-electron chi connectivity index (χ2n) is 5.44. The Bertz CT molecular complexity index is 466. The molecule has 0 amide bonds. The molecule has 0 aliphatic heterocycles. The molecule has 2 aliphatic carbocycles. The van der Waals surface area contributed by atoms with Crippen LogP contribution in [-0.2, 0) is 10.2 Å². The van der Waals surface area contributed by atoms with Gasteiger partial charge in [-0.05, 0) is 37.2 Å². The third-order valence-electron chi connectivity index (χ3n) is 4.34. The van der Waals surface area contributed by atoms with Gasteiger partial charge in [-0.25, -0.2) is 0 Å². The molecule has 1 N–H and O–H groups in total. The first-order valence-electron chi connectivity index (χ1n) is 5.99. The molecule has 1 spiro atoms. The van der Waals surface area contributed by atoms with E-state index >= 15 is 0 Å². The maximum atomic E-state index is 11.6. The van der Waals surface area contributed by atoms with Crippen molar-refractivity contribution in [2.45, 2.75) is 31.1 Å². The first-order chi connectivity index (χ1) is 8.12. The number of para-hydroxylation sites is 1. The van der Waals surface area contributed by atoms with Crippen molar-refractivity contribution >= 4 is 5.97 Å². The summed E-state index contributed by atoms with van der Waals surface area (Å²) < 4.78 is 5.30. The van der Waals surface area contributed by atoms with Crippen molar-refractivity contribution in [1.29, 1.82) is 0 Å². The Labute approximate surface area is 100 Å². The van der Waals surface area contributed by atoms with Crippen LogP contribution in [0.3, 0.4) is 0 Å². The van der Waals surface area contributed by atoms with Gasteiger partial charge >= 0.3 is 5.97 Å². The lowest BCUT2D eigenvalue weighted by molar-refractivity contribution is -0.150. The van der Waals surface area contributed by atoms with Crippen LogP contribution >= 0.6 is 0 Å². The Morgan fingerprint density at radius 3 is 2.47 bits per heavy atom. The van der Waals surface area contributed by atoms with Crippen molar-refractivity contribution in [3.8, 4) is 5.75 Å². The SMILES string of the molecule is COc1ccccc1C1(C(=O)O)CC2(CC2)C1. The largest absolute Gasteiger partial charge is 0.496 e. The predicted molar refractivity (Wildman–Crippen MR) is 63.2 cm³/mol. The number of methoxy groups -OCH3 is 1. The normalized spacial score (nSPS) is 22.9. The lowest BCUT2D eigenvalue weighted by atomic mass is 9.56. The Hall–Kier alpha value is -1.51. The van der Waals surface area contributed by atoms with Gasteiger partial charge < -0.3 is 9.84 Å². The van der Waals surface area contributed by atoms with Crippen molar-refractivity contribution in [2.24, 2.45) is 5.41 Å². The third-order valence-corrected chi connectivity index (χ3v) is 4.34. The fourth-order valence-electron chi connectivity index (χ4n) is 3.26. The van der Waals surface area contributed by atoms with E-state index in [1.54, 1.807) is 7.11 Å². The Morgan fingerprint density at radius 1 is 1.29 bits per heavy atom. The number of hydrogen-bond acceptors (Lipinski definition) is 2. The van der Waals surface area contributed by atoms with Crippen LogP contribution in [0.2, 0.25) is 0 Å². The number of carbonyl (C=O) groups is 1.